The van der Waals surface area contributed by atoms with Crippen molar-refractivity contribution >= 4 is 27.7 Å². The topological polar surface area (TPSA) is 95.2 Å². The highest BCUT2D eigenvalue weighted by molar-refractivity contribution is 7.99. The zero-order valence-electron chi connectivity index (χ0n) is 8.93. The fourth-order valence-electron chi connectivity index (χ4n) is 0.817. The van der Waals surface area contributed by atoms with Gasteiger partial charge in [-0.25, -0.2) is 4.98 Å². The van der Waals surface area contributed by atoms with Crippen molar-refractivity contribution in [2.75, 3.05) is 11.5 Å². The van der Waals surface area contributed by atoms with E-state index in [1.54, 1.807) is 6.92 Å². The van der Waals surface area contributed by atoms with Gasteiger partial charge in [-0.2, -0.15) is 26.6 Å². The molecule has 1 rings (SSSR count). The number of anilines is 1. The van der Waals surface area contributed by atoms with Gasteiger partial charge in [0.05, 0.1) is 0 Å². The summed E-state index contributed by atoms with van der Waals surface area (Å²) in [6.07, 6.45) is 0. The van der Waals surface area contributed by atoms with E-state index in [2.05, 4.69) is 14.2 Å². The van der Waals surface area contributed by atoms with Gasteiger partial charge in [0.25, 0.3) is 0 Å². The summed E-state index contributed by atoms with van der Waals surface area (Å²) in [6.45, 7) is 1.75. The Hall–Kier alpha value is -1.23. The van der Waals surface area contributed by atoms with Crippen molar-refractivity contribution in [2.24, 2.45) is 0 Å². The third kappa shape index (κ3) is 3.63. The highest BCUT2D eigenvalue weighted by Crippen LogP contribution is 2.27. The van der Waals surface area contributed by atoms with Gasteiger partial charge in [0.1, 0.15) is 5.82 Å². The lowest BCUT2D eigenvalue weighted by Gasteiger charge is -2.09. The molecule has 102 valence electrons. The Morgan fingerprint density at radius 2 is 2.06 bits per heavy atom. The molecule has 0 bridgehead atoms. The number of thioether (sulfide) groups is 1. The third-order valence-electron chi connectivity index (χ3n) is 1.45. The minimum absolute atomic E-state index is 0.0323. The van der Waals surface area contributed by atoms with Gasteiger partial charge in [-0.1, -0.05) is 18.7 Å². The maximum Gasteiger partial charge on any atom is 0.534 e. The molecule has 1 aromatic rings. The molecule has 0 saturated heterocycles. The van der Waals surface area contributed by atoms with Crippen LogP contribution in [0.2, 0.25) is 0 Å². The molecule has 18 heavy (non-hydrogen) atoms. The van der Waals surface area contributed by atoms with E-state index in [4.69, 9.17) is 5.73 Å². The number of nitrogens with two attached hydrogens (primary N) is 1. The van der Waals surface area contributed by atoms with Crippen molar-refractivity contribution in [3.05, 3.63) is 6.07 Å². The summed E-state index contributed by atoms with van der Waals surface area (Å²) in [5.74, 6) is -0.418. The highest BCUT2D eigenvalue weighted by Gasteiger charge is 2.48. The van der Waals surface area contributed by atoms with E-state index < -0.39 is 21.5 Å². The molecule has 1 aromatic heterocycles. The van der Waals surface area contributed by atoms with Gasteiger partial charge in [-0.3, -0.25) is 0 Å². The Labute approximate surface area is 105 Å². The van der Waals surface area contributed by atoms with Gasteiger partial charge in [-0.05, 0) is 5.75 Å². The molecule has 6 nitrogen and oxygen atoms in total. The lowest BCUT2D eigenvalue weighted by atomic mass is 10.6. The minimum atomic E-state index is -5.75. The second-order valence-corrected chi connectivity index (χ2v) is 5.60. The normalized spacial score (nSPS) is 12.4. The van der Waals surface area contributed by atoms with Crippen molar-refractivity contribution in [2.45, 2.75) is 17.6 Å². The van der Waals surface area contributed by atoms with Crippen molar-refractivity contribution in [1.82, 2.24) is 9.97 Å². The monoisotopic (exact) mass is 303 g/mol. The number of hydrogen-bond donors (Lipinski definition) is 1. The summed E-state index contributed by atoms with van der Waals surface area (Å²) in [4.78, 5) is 7.18. The number of hydrogen-bond acceptors (Lipinski definition) is 7. The van der Waals surface area contributed by atoms with E-state index in [0.717, 1.165) is 17.8 Å². The maximum absolute atomic E-state index is 12.1. The first-order valence-corrected chi connectivity index (χ1v) is 6.83. The Morgan fingerprint density at radius 3 is 2.56 bits per heavy atom. The van der Waals surface area contributed by atoms with Crippen LogP contribution >= 0.6 is 11.8 Å². The summed E-state index contributed by atoms with van der Waals surface area (Å²) in [7, 11) is -5.75. The standard InChI is InChI=1S/C7H8F3N3O3S2/c1-2-17-6-12-4(11)3-5(13-6)16-18(14,15)7(8,9)10/h3H,2H2,1H3,(H2,11,12,13). The van der Waals surface area contributed by atoms with E-state index in [9.17, 15) is 21.6 Å². The summed E-state index contributed by atoms with van der Waals surface area (Å²) < 4.78 is 61.6. The molecular weight excluding hydrogens is 295 g/mol. The number of nitrogens with zero attached hydrogens (tertiary/aromatic N) is 2. The predicted octanol–water partition coefficient (Wildman–Crippen LogP) is 1.40. The molecule has 0 aromatic carbocycles. The van der Waals surface area contributed by atoms with Crippen LogP contribution in [0.4, 0.5) is 19.0 Å². The smallest absolute Gasteiger partial charge is 0.383 e. The molecule has 0 radical (unpaired) electrons. The SMILES string of the molecule is CCSc1nc(N)cc(OS(=O)(=O)C(F)(F)F)n1. The lowest BCUT2D eigenvalue weighted by molar-refractivity contribution is -0.0501. The quantitative estimate of drug-likeness (QED) is 0.389. The summed E-state index contributed by atoms with van der Waals surface area (Å²) in [6, 6.07) is 0.795. The van der Waals surface area contributed by atoms with Crippen LogP contribution in [0, 0.1) is 0 Å². The van der Waals surface area contributed by atoms with Crippen molar-refractivity contribution in [1.29, 1.82) is 0 Å². The largest absolute Gasteiger partial charge is 0.534 e. The molecule has 11 heteroatoms. The van der Waals surface area contributed by atoms with Crippen LogP contribution < -0.4 is 9.92 Å². The molecule has 0 aliphatic heterocycles. The Bertz CT molecular complexity index is 532. The van der Waals surface area contributed by atoms with E-state index in [0.29, 0.717) is 5.75 Å². The van der Waals surface area contributed by atoms with Crippen LogP contribution in [0.5, 0.6) is 5.88 Å². The number of halogens is 3. The lowest BCUT2D eigenvalue weighted by Crippen LogP contribution is -2.28. The van der Waals surface area contributed by atoms with Gasteiger partial charge in [0, 0.05) is 6.07 Å². The average molecular weight is 303 g/mol. The van der Waals surface area contributed by atoms with Crippen LogP contribution in [0.15, 0.2) is 11.2 Å². The van der Waals surface area contributed by atoms with Crippen molar-refractivity contribution in [3.8, 4) is 5.88 Å². The maximum atomic E-state index is 12.1. The van der Waals surface area contributed by atoms with E-state index in [1.807, 2.05) is 0 Å². The zero-order valence-corrected chi connectivity index (χ0v) is 10.6. The number of alkyl halides is 3. The molecule has 1 heterocycles. The Kier molecular flexibility index (Phi) is 4.27. The first-order valence-electron chi connectivity index (χ1n) is 4.44. The Morgan fingerprint density at radius 1 is 1.44 bits per heavy atom. The fourth-order valence-corrected chi connectivity index (χ4v) is 1.80. The van der Waals surface area contributed by atoms with E-state index >= 15 is 0 Å². The fraction of sp³-hybridized carbons (Fsp3) is 0.429. The molecule has 0 atom stereocenters. The van der Waals surface area contributed by atoms with Gasteiger partial charge in [0.15, 0.2) is 5.16 Å². The second-order valence-electron chi connectivity index (χ2n) is 2.83. The third-order valence-corrected chi connectivity index (χ3v) is 3.14. The molecule has 0 amide bonds. The summed E-state index contributed by atoms with van der Waals surface area (Å²) >= 11 is 1.08. The van der Waals surface area contributed by atoms with Crippen LogP contribution in [-0.2, 0) is 10.1 Å². The van der Waals surface area contributed by atoms with Crippen LogP contribution in [0.3, 0.4) is 0 Å². The molecule has 0 saturated carbocycles. The van der Waals surface area contributed by atoms with Crippen molar-refractivity contribution < 1.29 is 25.8 Å². The first-order chi connectivity index (χ1) is 8.15. The van der Waals surface area contributed by atoms with Gasteiger partial charge in [-0.15, -0.1) is 0 Å². The molecular formula is C7H8F3N3O3S2. The van der Waals surface area contributed by atoms with Gasteiger partial charge >= 0.3 is 15.6 Å². The van der Waals surface area contributed by atoms with Gasteiger partial charge < -0.3 is 9.92 Å². The second kappa shape index (κ2) is 5.18. The highest BCUT2D eigenvalue weighted by atomic mass is 32.2. The predicted molar refractivity (Wildman–Crippen MR) is 58.4 cm³/mol. The average Bonchev–Trinajstić information content (AvgIpc) is 2.13. The zero-order chi connectivity index (χ0) is 14.0. The van der Waals surface area contributed by atoms with E-state index in [-0.39, 0.29) is 11.0 Å². The number of aromatic nitrogens is 2. The van der Waals surface area contributed by atoms with E-state index in [1.165, 1.54) is 0 Å². The molecule has 0 unspecified atom stereocenters. The number of rotatable bonds is 4. The molecule has 0 spiro atoms. The van der Waals surface area contributed by atoms with Crippen LogP contribution in [0.25, 0.3) is 0 Å². The van der Waals surface area contributed by atoms with Crippen LogP contribution in [0.1, 0.15) is 6.92 Å². The molecule has 0 aliphatic carbocycles. The molecule has 0 aliphatic rings. The van der Waals surface area contributed by atoms with Crippen molar-refractivity contribution in [3.63, 3.8) is 0 Å². The first kappa shape index (κ1) is 14.8. The molecule has 0 fully saturated rings. The molecule has 2 N–H and O–H groups in total. The van der Waals surface area contributed by atoms with Gasteiger partial charge in [0.2, 0.25) is 5.88 Å². The summed E-state index contributed by atoms with van der Waals surface area (Å²) in [5.41, 5.74) is -0.226. The van der Waals surface area contributed by atoms with Crippen LogP contribution in [-0.4, -0.2) is 29.6 Å². The minimum Gasteiger partial charge on any atom is -0.383 e. The number of nitrogen functional groups attached to an aromatic ring is 1. The Balaban J connectivity index is 3.05. The summed E-state index contributed by atoms with van der Waals surface area (Å²) in [5, 5.41) is 0.0323.